The molecule has 1 heterocycles. The van der Waals surface area contributed by atoms with Gasteiger partial charge in [0.25, 0.3) is 0 Å². The summed E-state index contributed by atoms with van der Waals surface area (Å²) in [5, 5.41) is 15.9. The summed E-state index contributed by atoms with van der Waals surface area (Å²) < 4.78 is 5.10. The summed E-state index contributed by atoms with van der Waals surface area (Å²) in [4.78, 5) is 12.2. The summed E-state index contributed by atoms with van der Waals surface area (Å²) in [5.74, 6) is 0.756. The van der Waals surface area contributed by atoms with Crippen LogP contribution in [0.2, 0.25) is 0 Å². The molecule has 1 aromatic rings. The van der Waals surface area contributed by atoms with Gasteiger partial charge in [0.1, 0.15) is 12.0 Å². The molecule has 0 saturated carbocycles. The first-order valence-corrected chi connectivity index (χ1v) is 8.57. The third-order valence-corrected chi connectivity index (χ3v) is 3.95. The predicted octanol–water partition coefficient (Wildman–Crippen LogP) is 1.79. The number of rotatable bonds is 7. The third kappa shape index (κ3) is 5.99. The fourth-order valence-electron chi connectivity index (χ4n) is 2.67. The van der Waals surface area contributed by atoms with Crippen molar-refractivity contribution in [1.82, 2.24) is 21.3 Å². The van der Waals surface area contributed by atoms with Crippen molar-refractivity contribution >= 4 is 11.7 Å². The number of benzene rings is 1. The molecule has 134 valence electrons. The van der Waals surface area contributed by atoms with E-state index in [0.29, 0.717) is 6.04 Å². The second-order valence-electron chi connectivity index (χ2n) is 6.09. The minimum Gasteiger partial charge on any atom is -0.497 e. The molecule has 7 nitrogen and oxygen atoms in total. The molecule has 24 heavy (non-hydrogen) atoms. The highest BCUT2D eigenvalue weighted by molar-refractivity contribution is 5.89. The molecule has 0 radical (unpaired) electrons. The Morgan fingerprint density at radius 1 is 1.29 bits per heavy atom. The Morgan fingerprint density at radius 3 is 2.71 bits per heavy atom. The molecule has 5 N–H and O–H groups in total. The normalized spacial score (nSPS) is 23.5. The first-order valence-electron chi connectivity index (χ1n) is 8.57. The van der Waals surface area contributed by atoms with Crippen LogP contribution >= 0.6 is 0 Å². The summed E-state index contributed by atoms with van der Waals surface area (Å²) in [7, 11) is 1.61. The van der Waals surface area contributed by atoms with Crippen LogP contribution in [0.1, 0.15) is 33.1 Å². The Kier molecular flexibility index (Phi) is 7.30. The van der Waals surface area contributed by atoms with Crippen molar-refractivity contribution in [3.8, 4) is 5.75 Å². The van der Waals surface area contributed by atoms with Gasteiger partial charge >= 0.3 is 6.03 Å². The van der Waals surface area contributed by atoms with Gasteiger partial charge in [-0.3, -0.25) is 10.6 Å². The first kappa shape index (κ1) is 18.5. The Hall–Kier alpha value is -1.83. The number of carbonyl (C=O) groups excluding carboxylic acids is 1. The molecule has 0 aliphatic carbocycles. The standard InChI is InChI=1S/C17H29N5O2/c1-4-5-10-18-15-11-12(2)19-16(21-15)22-17(23)20-13-6-8-14(24-3)9-7-13/h6-9,12,15-16,18-19,21H,4-5,10-11H2,1-3H3,(H2,20,22,23). The highest BCUT2D eigenvalue weighted by Gasteiger charge is 2.25. The van der Waals surface area contributed by atoms with Crippen LogP contribution in [0.5, 0.6) is 5.75 Å². The predicted molar refractivity (Wildman–Crippen MR) is 96.0 cm³/mol. The van der Waals surface area contributed by atoms with E-state index in [1.807, 2.05) is 12.1 Å². The van der Waals surface area contributed by atoms with Crippen LogP contribution < -0.4 is 31.3 Å². The van der Waals surface area contributed by atoms with E-state index in [4.69, 9.17) is 4.74 Å². The van der Waals surface area contributed by atoms with Gasteiger partial charge in [-0.15, -0.1) is 0 Å². The molecule has 0 spiro atoms. The molecule has 2 rings (SSSR count). The van der Waals surface area contributed by atoms with Crippen LogP contribution in [0, 0.1) is 0 Å². The molecule has 3 atom stereocenters. The molecule has 2 amide bonds. The van der Waals surface area contributed by atoms with E-state index in [2.05, 4.69) is 40.4 Å². The van der Waals surface area contributed by atoms with Crippen molar-refractivity contribution in [1.29, 1.82) is 0 Å². The van der Waals surface area contributed by atoms with Crippen LogP contribution in [0.3, 0.4) is 0 Å². The number of hydrogen-bond donors (Lipinski definition) is 5. The number of unbranched alkanes of at least 4 members (excludes halogenated alkanes) is 1. The van der Waals surface area contributed by atoms with Crippen LogP contribution in [-0.2, 0) is 0 Å². The topological polar surface area (TPSA) is 86.5 Å². The number of anilines is 1. The molecule has 7 heteroatoms. The quantitative estimate of drug-likeness (QED) is 0.491. The molecule has 1 saturated heterocycles. The number of nitrogens with one attached hydrogen (secondary N) is 5. The minimum atomic E-state index is -0.272. The number of amides is 2. The number of methoxy groups -OCH3 is 1. The van der Waals surface area contributed by atoms with Gasteiger partial charge in [0.2, 0.25) is 0 Å². The zero-order valence-corrected chi connectivity index (χ0v) is 14.7. The summed E-state index contributed by atoms with van der Waals surface area (Å²) >= 11 is 0. The first-order chi connectivity index (χ1) is 11.6. The maximum absolute atomic E-state index is 12.2. The average molecular weight is 335 g/mol. The lowest BCUT2D eigenvalue weighted by atomic mass is 10.1. The highest BCUT2D eigenvalue weighted by atomic mass is 16.5. The van der Waals surface area contributed by atoms with Crippen molar-refractivity contribution < 1.29 is 9.53 Å². The molecule has 1 fully saturated rings. The molecule has 1 aromatic carbocycles. The highest BCUT2D eigenvalue weighted by Crippen LogP contribution is 2.14. The largest absolute Gasteiger partial charge is 0.497 e. The van der Waals surface area contributed by atoms with E-state index in [9.17, 15) is 4.79 Å². The number of ether oxygens (including phenoxy) is 1. The van der Waals surface area contributed by atoms with Gasteiger partial charge in [-0.1, -0.05) is 13.3 Å². The van der Waals surface area contributed by atoms with E-state index < -0.39 is 0 Å². The maximum Gasteiger partial charge on any atom is 0.321 e. The summed E-state index contributed by atoms with van der Waals surface area (Å²) in [5.41, 5.74) is 0.717. The van der Waals surface area contributed by atoms with E-state index in [1.165, 1.54) is 6.42 Å². The number of hydrogen-bond acceptors (Lipinski definition) is 5. The molecule has 0 bridgehead atoms. The van der Waals surface area contributed by atoms with E-state index in [0.717, 1.165) is 30.8 Å². The van der Waals surface area contributed by atoms with E-state index in [-0.39, 0.29) is 18.5 Å². The van der Waals surface area contributed by atoms with Crippen LogP contribution in [0.25, 0.3) is 0 Å². The molecule has 1 aliphatic rings. The van der Waals surface area contributed by atoms with Crippen LogP contribution in [0.4, 0.5) is 10.5 Å². The second-order valence-corrected chi connectivity index (χ2v) is 6.09. The van der Waals surface area contributed by atoms with E-state index in [1.54, 1.807) is 19.2 Å². The SMILES string of the molecule is CCCCNC1CC(C)NC(NC(=O)Nc2ccc(OC)cc2)N1. The average Bonchev–Trinajstić information content (AvgIpc) is 2.55. The lowest BCUT2D eigenvalue weighted by Crippen LogP contribution is -2.67. The third-order valence-electron chi connectivity index (χ3n) is 3.95. The van der Waals surface area contributed by atoms with Gasteiger partial charge in [-0.05, 0) is 50.6 Å². The lowest BCUT2D eigenvalue weighted by Gasteiger charge is -2.36. The molecule has 0 aromatic heterocycles. The zero-order chi connectivity index (χ0) is 17.4. The molecular weight excluding hydrogens is 306 g/mol. The fourth-order valence-corrected chi connectivity index (χ4v) is 2.67. The van der Waals surface area contributed by atoms with Gasteiger partial charge in [-0.2, -0.15) is 0 Å². The van der Waals surface area contributed by atoms with Crippen molar-refractivity contribution in [2.24, 2.45) is 0 Å². The van der Waals surface area contributed by atoms with Gasteiger partial charge < -0.3 is 20.7 Å². The van der Waals surface area contributed by atoms with Gasteiger partial charge in [0.05, 0.1) is 13.3 Å². The Bertz CT molecular complexity index is 508. The fraction of sp³-hybridized carbons (Fsp3) is 0.588. The second kappa shape index (κ2) is 9.46. The van der Waals surface area contributed by atoms with Crippen LogP contribution in [0.15, 0.2) is 24.3 Å². The van der Waals surface area contributed by atoms with E-state index >= 15 is 0 Å². The van der Waals surface area contributed by atoms with Crippen molar-refractivity contribution in [2.45, 2.75) is 51.6 Å². The Morgan fingerprint density at radius 2 is 2.04 bits per heavy atom. The summed E-state index contributed by atoms with van der Waals surface area (Å²) in [6, 6.07) is 7.28. The number of carbonyl (C=O) groups is 1. The lowest BCUT2D eigenvalue weighted by molar-refractivity contribution is 0.193. The van der Waals surface area contributed by atoms with Gasteiger partial charge in [0.15, 0.2) is 0 Å². The molecule has 1 aliphatic heterocycles. The van der Waals surface area contributed by atoms with Crippen molar-refractivity contribution in [3.63, 3.8) is 0 Å². The maximum atomic E-state index is 12.2. The van der Waals surface area contributed by atoms with Gasteiger partial charge in [-0.25, -0.2) is 4.79 Å². The smallest absolute Gasteiger partial charge is 0.321 e. The Balaban J connectivity index is 1.80. The molecular formula is C17H29N5O2. The number of urea groups is 1. The summed E-state index contributed by atoms with van der Waals surface area (Å²) in [6.07, 6.45) is 3.21. The summed E-state index contributed by atoms with van der Waals surface area (Å²) in [6.45, 7) is 5.27. The van der Waals surface area contributed by atoms with Gasteiger partial charge in [0, 0.05) is 11.7 Å². The minimum absolute atomic E-state index is 0.194. The monoisotopic (exact) mass is 335 g/mol. The van der Waals surface area contributed by atoms with Crippen molar-refractivity contribution in [2.75, 3.05) is 19.0 Å². The van der Waals surface area contributed by atoms with Crippen LogP contribution in [-0.4, -0.2) is 38.2 Å². The zero-order valence-electron chi connectivity index (χ0n) is 14.7. The molecule has 3 unspecified atom stereocenters. The van der Waals surface area contributed by atoms with Crippen molar-refractivity contribution in [3.05, 3.63) is 24.3 Å². The Labute approximate surface area is 143 Å².